The number of hydrogen-bond donors (Lipinski definition) is 2. The Morgan fingerprint density at radius 3 is 2.94 bits per heavy atom. The Balaban J connectivity index is 1.84. The standard InChI is InChI=1S/C13H13N5/c1-2-4-13(18-10-15-9-17-18)12(3-1)16-8-11-5-6-14-7-11/h1-7,9-10,14,16H,8H2. The van der Waals surface area contributed by atoms with Gasteiger partial charge in [-0.15, -0.1) is 0 Å². The van der Waals surface area contributed by atoms with Crippen LogP contribution >= 0.6 is 0 Å². The van der Waals surface area contributed by atoms with Crippen molar-refractivity contribution in [2.45, 2.75) is 6.54 Å². The lowest BCUT2D eigenvalue weighted by molar-refractivity contribution is 0.878. The molecule has 0 bridgehead atoms. The summed E-state index contributed by atoms with van der Waals surface area (Å²) < 4.78 is 1.75. The van der Waals surface area contributed by atoms with E-state index in [9.17, 15) is 0 Å². The van der Waals surface area contributed by atoms with Gasteiger partial charge in [-0.2, -0.15) is 5.10 Å². The van der Waals surface area contributed by atoms with Crippen LogP contribution in [0.15, 0.2) is 55.4 Å². The highest BCUT2D eigenvalue weighted by Gasteiger charge is 2.04. The van der Waals surface area contributed by atoms with Gasteiger partial charge in [-0.25, -0.2) is 9.67 Å². The molecule has 0 aliphatic carbocycles. The number of hydrogen-bond acceptors (Lipinski definition) is 3. The molecule has 3 aromatic rings. The van der Waals surface area contributed by atoms with E-state index in [0.717, 1.165) is 17.9 Å². The lowest BCUT2D eigenvalue weighted by atomic mass is 10.2. The molecule has 0 saturated carbocycles. The average Bonchev–Trinajstić information content (AvgIpc) is 3.10. The fourth-order valence-electron chi connectivity index (χ4n) is 1.82. The summed E-state index contributed by atoms with van der Waals surface area (Å²) in [5.41, 5.74) is 3.23. The van der Waals surface area contributed by atoms with Gasteiger partial charge >= 0.3 is 0 Å². The van der Waals surface area contributed by atoms with Gasteiger partial charge in [0.2, 0.25) is 0 Å². The van der Waals surface area contributed by atoms with Crippen LogP contribution < -0.4 is 5.32 Å². The van der Waals surface area contributed by atoms with Crippen LogP contribution in [0.25, 0.3) is 5.69 Å². The van der Waals surface area contributed by atoms with E-state index < -0.39 is 0 Å². The average molecular weight is 239 g/mol. The first kappa shape index (κ1) is 10.6. The Bertz CT molecular complexity index is 598. The number of anilines is 1. The number of rotatable bonds is 4. The van der Waals surface area contributed by atoms with E-state index in [1.54, 1.807) is 11.0 Å². The van der Waals surface area contributed by atoms with E-state index in [-0.39, 0.29) is 0 Å². The first-order valence-corrected chi connectivity index (χ1v) is 5.73. The molecule has 0 unspecified atom stereocenters. The van der Waals surface area contributed by atoms with Gasteiger partial charge in [0.05, 0.1) is 11.4 Å². The third-order valence-corrected chi connectivity index (χ3v) is 2.71. The van der Waals surface area contributed by atoms with Crippen molar-refractivity contribution in [1.29, 1.82) is 0 Å². The highest BCUT2D eigenvalue weighted by Crippen LogP contribution is 2.19. The molecule has 5 heteroatoms. The van der Waals surface area contributed by atoms with E-state index in [1.807, 2.05) is 42.7 Å². The van der Waals surface area contributed by atoms with Gasteiger partial charge < -0.3 is 10.3 Å². The molecule has 0 saturated heterocycles. The van der Waals surface area contributed by atoms with Crippen LogP contribution in [0, 0.1) is 0 Å². The predicted octanol–water partition coefficient (Wildman–Crippen LogP) is 2.21. The van der Waals surface area contributed by atoms with Crippen LogP contribution in [-0.2, 0) is 6.54 Å². The zero-order valence-corrected chi connectivity index (χ0v) is 9.74. The zero-order valence-electron chi connectivity index (χ0n) is 9.74. The maximum atomic E-state index is 4.15. The molecule has 18 heavy (non-hydrogen) atoms. The number of aromatic amines is 1. The molecular weight excluding hydrogens is 226 g/mol. The van der Waals surface area contributed by atoms with Gasteiger partial charge in [0.1, 0.15) is 12.7 Å². The summed E-state index contributed by atoms with van der Waals surface area (Å²) in [6.45, 7) is 0.773. The third-order valence-electron chi connectivity index (χ3n) is 2.71. The van der Waals surface area contributed by atoms with Crippen LogP contribution in [0.4, 0.5) is 5.69 Å². The first-order chi connectivity index (χ1) is 8.93. The number of nitrogens with one attached hydrogen (secondary N) is 2. The Labute approximate surface area is 104 Å². The van der Waals surface area contributed by atoms with E-state index in [2.05, 4.69) is 20.4 Å². The predicted molar refractivity (Wildman–Crippen MR) is 69.5 cm³/mol. The molecule has 5 nitrogen and oxygen atoms in total. The molecule has 0 amide bonds. The number of benzene rings is 1. The molecule has 0 aliphatic rings. The van der Waals surface area contributed by atoms with Crippen LogP contribution in [0.5, 0.6) is 0 Å². The fourth-order valence-corrected chi connectivity index (χ4v) is 1.82. The van der Waals surface area contributed by atoms with E-state index in [4.69, 9.17) is 0 Å². The molecule has 2 heterocycles. The maximum Gasteiger partial charge on any atom is 0.138 e. The number of H-pyrrole nitrogens is 1. The van der Waals surface area contributed by atoms with Crippen LogP contribution in [-0.4, -0.2) is 19.7 Å². The molecule has 0 radical (unpaired) electrons. The Hall–Kier alpha value is -2.56. The molecule has 3 rings (SSSR count). The highest BCUT2D eigenvalue weighted by molar-refractivity contribution is 5.60. The van der Waals surface area contributed by atoms with Crippen LogP contribution in [0.1, 0.15) is 5.56 Å². The van der Waals surface area contributed by atoms with Gasteiger partial charge in [-0.1, -0.05) is 12.1 Å². The number of para-hydroxylation sites is 2. The number of aromatic nitrogens is 4. The third kappa shape index (κ3) is 2.10. The second-order valence-electron chi connectivity index (χ2n) is 3.93. The summed E-state index contributed by atoms with van der Waals surface area (Å²) >= 11 is 0. The minimum Gasteiger partial charge on any atom is -0.379 e. The first-order valence-electron chi connectivity index (χ1n) is 5.73. The number of nitrogens with zero attached hydrogens (tertiary/aromatic N) is 3. The summed E-state index contributed by atoms with van der Waals surface area (Å²) in [6, 6.07) is 10.1. The van der Waals surface area contributed by atoms with Crippen molar-refractivity contribution in [3.8, 4) is 5.69 Å². The summed E-state index contributed by atoms with van der Waals surface area (Å²) in [5.74, 6) is 0. The molecule has 0 fully saturated rings. The van der Waals surface area contributed by atoms with E-state index in [0.29, 0.717) is 0 Å². The normalized spacial score (nSPS) is 10.4. The molecular formula is C13H13N5. The van der Waals surface area contributed by atoms with Crippen molar-refractivity contribution in [2.24, 2.45) is 0 Å². The maximum absolute atomic E-state index is 4.15. The molecule has 2 N–H and O–H groups in total. The van der Waals surface area contributed by atoms with Gasteiger partial charge in [0.15, 0.2) is 0 Å². The van der Waals surface area contributed by atoms with Crippen molar-refractivity contribution in [3.63, 3.8) is 0 Å². The fraction of sp³-hybridized carbons (Fsp3) is 0.0769. The second kappa shape index (κ2) is 4.75. The van der Waals surface area contributed by atoms with Crippen molar-refractivity contribution in [2.75, 3.05) is 5.32 Å². The van der Waals surface area contributed by atoms with Gasteiger partial charge in [-0.3, -0.25) is 0 Å². The molecule has 2 aromatic heterocycles. The molecule has 90 valence electrons. The van der Waals surface area contributed by atoms with Crippen molar-refractivity contribution >= 4 is 5.69 Å². The Morgan fingerprint density at radius 2 is 2.17 bits per heavy atom. The lowest BCUT2D eigenvalue weighted by Gasteiger charge is -2.10. The topological polar surface area (TPSA) is 58.5 Å². The van der Waals surface area contributed by atoms with Crippen LogP contribution in [0.3, 0.4) is 0 Å². The summed E-state index contributed by atoms with van der Waals surface area (Å²) in [5, 5.41) is 7.55. The molecule has 1 aromatic carbocycles. The quantitative estimate of drug-likeness (QED) is 0.733. The van der Waals surface area contributed by atoms with Crippen molar-refractivity contribution in [1.82, 2.24) is 19.7 Å². The van der Waals surface area contributed by atoms with Gasteiger partial charge in [0, 0.05) is 18.9 Å². The van der Waals surface area contributed by atoms with Crippen LogP contribution in [0.2, 0.25) is 0 Å². The second-order valence-corrected chi connectivity index (χ2v) is 3.93. The monoisotopic (exact) mass is 239 g/mol. The highest BCUT2D eigenvalue weighted by atomic mass is 15.3. The SMILES string of the molecule is c1ccc(-n2cncn2)c(NCc2cc[nH]c2)c1. The largest absolute Gasteiger partial charge is 0.379 e. The van der Waals surface area contributed by atoms with E-state index >= 15 is 0 Å². The van der Waals surface area contributed by atoms with E-state index in [1.165, 1.54) is 11.9 Å². The minimum absolute atomic E-state index is 0.773. The minimum atomic E-state index is 0.773. The van der Waals surface area contributed by atoms with Crippen molar-refractivity contribution < 1.29 is 0 Å². The molecule has 0 spiro atoms. The Kier molecular flexibility index (Phi) is 2.79. The van der Waals surface area contributed by atoms with Gasteiger partial charge in [0.25, 0.3) is 0 Å². The molecule has 0 atom stereocenters. The summed E-state index contributed by atoms with van der Waals surface area (Å²) in [6.07, 6.45) is 7.12. The summed E-state index contributed by atoms with van der Waals surface area (Å²) in [4.78, 5) is 7.01. The van der Waals surface area contributed by atoms with Crippen molar-refractivity contribution in [3.05, 3.63) is 60.9 Å². The molecule has 0 aliphatic heterocycles. The Morgan fingerprint density at radius 1 is 1.22 bits per heavy atom. The lowest BCUT2D eigenvalue weighted by Crippen LogP contribution is -2.04. The van der Waals surface area contributed by atoms with Gasteiger partial charge in [-0.05, 0) is 23.8 Å². The summed E-state index contributed by atoms with van der Waals surface area (Å²) in [7, 11) is 0. The zero-order chi connectivity index (χ0) is 12.2. The smallest absolute Gasteiger partial charge is 0.138 e.